The molecule has 0 aliphatic heterocycles. The number of thiol groups is 1. The average molecular weight is 262 g/mol. The highest BCUT2D eigenvalue weighted by Gasteiger charge is 2.34. The van der Waals surface area contributed by atoms with Gasteiger partial charge in [0.2, 0.25) is 0 Å². The largest absolute Gasteiger partial charge is 0.573 e. The minimum atomic E-state index is -4.94. The quantitative estimate of drug-likeness (QED) is 0.596. The zero-order valence-corrected chi connectivity index (χ0v) is 8.25. The van der Waals surface area contributed by atoms with Crippen molar-refractivity contribution < 1.29 is 31.1 Å². The molecule has 0 radical (unpaired) electrons. The third-order valence-corrected chi connectivity index (χ3v) is 1.88. The summed E-state index contributed by atoms with van der Waals surface area (Å²) in [5.74, 6) is -0.745. The average Bonchev–Trinajstić information content (AvgIpc) is 1.97. The number of hydrogen-bond acceptors (Lipinski definition) is 2. The molecule has 0 N–H and O–H groups in total. The molecule has 16 heavy (non-hydrogen) atoms. The van der Waals surface area contributed by atoms with E-state index < -0.39 is 28.7 Å². The van der Waals surface area contributed by atoms with Crippen LogP contribution in [0.25, 0.3) is 0 Å². The molecule has 90 valence electrons. The van der Waals surface area contributed by atoms with Crippen LogP contribution in [0.5, 0.6) is 5.75 Å². The number of halogens is 6. The lowest BCUT2D eigenvalue weighted by Crippen LogP contribution is -2.17. The number of rotatable bonds is 1. The predicted octanol–water partition coefficient (Wildman–Crippen LogP) is 3.89. The molecule has 0 spiro atoms. The highest BCUT2D eigenvalue weighted by Crippen LogP contribution is 2.36. The summed E-state index contributed by atoms with van der Waals surface area (Å²) in [5, 5.41) is 0. The standard InChI is InChI=1S/C8H4F6OS/c9-7(10,11)5-2-1-4(3-6(5)16)15-8(12,13)14/h1-3,16H. The van der Waals surface area contributed by atoms with Gasteiger partial charge in [-0.3, -0.25) is 0 Å². The Hall–Kier alpha value is -1.05. The lowest BCUT2D eigenvalue weighted by atomic mass is 10.2. The number of hydrogen-bond donors (Lipinski definition) is 1. The molecule has 0 unspecified atom stereocenters. The second kappa shape index (κ2) is 4.08. The van der Waals surface area contributed by atoms with Gasteiger partial charge in [-0.2, -0.15) is 13.2 Å². The van der Waals surface area contributed by atoms with Crippen molar-refractivity contribution in [1.82, 2.24) is 0 Å². The molecular weight excluding hydrogens is 258 g/mol. The molecule has 0 aliphatic rings. The fourth-order valence-corrected chi connectivity index (χ4v) is 1.28. The van der Waals surface area contributed by atoms with E-state index in [1.165, 1.54) is 0 Å². The minimum Gasteiger partial charge on any atom is -0.406 e. The Morgan fingerprint density at radius 1 is 1.00 bits per heavy atom. The van der Waals surface area contributed by atoms with Gasteiger partial charge in [0, 0.05) is 4.90 Å². The van der Waals surface area contributed by atoms with E-state index in [9.17, 15) is 26.3 Å². The molecule has 0 aliphatic carbocycles. The van der Waals surface area contributed by atoms with E-state index in [1.807, 2.05) is 0 Å². The van der Waals surface area contributed by atoms with E-state index >= 15 is 0 Å². The first-order valence-electron chi connectivity index (χ1n) is 3.75. The Balaban J connectivity index is 3.01. The van der Waals surface area contributed by atoms with Crippen molar-refractivity contribution in [2.75, 3.05) is 0 Å². The van der Waals surface area contributed by atoms with Gasteiger partial charge in [-0.25, -0.2) is 0 Å². The van der Waals surface area contributed by atoms with Gasteiger partial charge in [-0.05, 0) is 18.2 Å². The Labute approximate surface area is 91.4 Å². The van der Waals surface area contributed by atoms with Gasteiger partial charge in [0.05, 0.1) is 5.56 Å². The van der Waals surface area contributed by atoms with E-state index in [1.54, 1.807) is 0 Å². The second-order valence-electron chi connectivity index (χ2n) is 2.72. The van der Waals surface area contributed by atoms with Gasteiger partial charge in [-0.15, -0.1) is 25.8 Å². The molecule has 8 heteroatoms. The van der Waals surface area contributed by atoms with Crippen LogP contribution in [0, 0.1) is 0 Å². The van der Waals surface area contributed by atoms with Crippen molar-refractivity contribution in [1.29, 1.82) is 0 Å². The highest BCUT2D eigenvalue weighted by molar-refractivity contribution is 7.80. The maximum Gasteiger partial charge on any atom is 0.573 e. The first-order valence-corrected chi connectivity index (χ1v) is 4.20. The topological polar surface area (TPSA) is 9.23 Å². The van der Waals surface area contributed by atoms with E-state index in [0.717, 1.165) is 0 Å². The molecule has 0 saturated carbocycles. The maximum absolute atomic E-state index is 12.2. The Bertz CT molecular complexity index is 383. The zero-order chi connectivity index (χ0) is 12.6. The van der Waals surface area contributed by atoms with Gasteiger partial charge < -0.3 is 4.74 Å². The summed E-state index contributed by atoms with van der Waals surface area (Å²) in [7, 11) is 0. The fraction of sp³-hybridized carbons (Fsp3) is 0.250. The zero-order valence-electron chi connectivity index (χ0n) is 7.36. The summed E-state index contributed by atoms with van der Waals surface area (Å²) in [6.07, 6.45) is -9.60. The smallest absolute Gasteiger partial charge is 0.406 e. The molecule has 0 bridgehead atoms. The summed E-state index contributed by atoms with van der Waals surface area (Å²) in [4.78, 5) is -0.630. The van der Waals surface area contributed by atoms with Gasteiger partial charge in [0.25, 0.3) is 0 Å². The molecule has 0 aromatic heterocycles. The van der Waals surface area contributed by atoms with Crippen LogP contribution in [0.3, 0.4) is 0 Å². The molecule has 0 atom stereocenters. The summed E-state index contributed by atoms with van der Waals surface area (Å²) >= 11 is 3.44. The van der Waals surface area contributed by atoms with Gasteiger partial charge >= 0.3 is 12.5 Å². The monoisotopic (exact) mass is 262 g/mol. The van der Waals surface area contributed by atoms with Gasteiger partial charge in [0.15, 0.2) is 0 Å². The molecule has 0 amide bonds. The number of alkyl halides is 6. The van der Waals surface area contributed by atoms with Crippen LogP contribution in [0.4, 0.5) is 26.3 Å². The van der Waals surface area contributed by atoms with Crippen LogP contribution in [0.2, 0.25) is 0 Å². The van der Waals surface area contributed by atoms with Crippen molar-refractivity contribution in [3.8, 4) is 5.75 Å². The Morgan fingerprint density at radius 2 is 1.56 bits per heavy atom. The molecule has 0 saturated heterocycles. The van der Waals surface area contributed by atoms with Crippen LogP contribution >= 0.6 is 12.6 Å². The molecule has 1 nitrogen and oxygen atoms in total. The van der Waals surface area contributed by atoms with Crippen molar-refractivity contribution >= 4 is 12.6 Å². The van der Waals surface area contributed by atoms with Crippen LogP contribution in [-0.2, 0) is 6.18 Å². The molecular formula is C8H4F6OS. The van der Waals surface area contributed by atoms with E-state index in [0.29, 0.717) is 18.2 Å². The SMILES string of the molecule is FC(F)(F)Oc1ccc(C(F)(F)F)c(S)c1. The normalized spacial score (nSPS) is 12.7. The van der Waals surface area contributed by atoms with Gasteiger partial charge in [0.1, 0.15) is 5.75 Å². The molecule has 1 aromatic rings. The Morgan fingerprint density at radius 3 is 1.94 bits per heavy atom. The third kappa shape index (κ3) is 3.51. The maximum atomic E-state index is 12.2. The predicted molar refractivity (Wildman–Crippen MR) is 45.4 cm³/mol. The first kappa shape index (κ1) is 13.0. The van der Waals surface area contributed by atoms with Crippen molar-refractivity contribution in [2.45, 2.75) is 17.4 Å². The molecule has 0 fully saturated rings. The van der Waals surface area contributed by atoms with Crippen LogP contribution in [0.15, 0.2) is 23.1 Å². The lowest BCUT2D eigenvalue weighted by molar-refractivity contribution is -0.274. The summed E-state index contributed by atoms with van der Waals surface area (Å²) in [6, 6.07) is 1.61. The lowest BCUT2D eigenvalue weighted by Gasteiger charge is -2.12. The number of benzene rings is 1. The molecule has 1 aromatic carbocycles. The van der Waals surface area contributed by atoms with E-state index in [2.05, 4.69) is 17.4 Å². The molecule has 1 rings (SSSR count). The van der Waals surface area contributed by atoms with Crippen LogP contribution in [0.1, 0.15) is 5.56 Å². The van der Waals surface area contributed by atoms with Crippen molar-refractivity contribution in [2.24, 2.45) is 0 Å². The molecule has 0 heterocycles. The van der Waals surface area contributed by atoms with E-state index in [-0.39, 0.29) is 0 Å². The minimum absolute atomic E-state index is 0.476. The van der Waals surface area contributed by atoms with Gasteiger partial charge in [-0.1, -0.05) is 0 Å². The van der Waals surface area contributed by atoms with Crippen molar-refractivity contribution in [3.05, 3.63) is 23.8 Å². The fourth-order valence-electron chi connectivity index (χ4n) is 0.948. The highest BCUT2D eigenvalue weighted by atomic mass is 32.1. The first-order chi connectivity index (χ1) is 7.09. The van der Waals surface area contributed by atoms with E-state index in [4.69, 9.17) is 0 Å². The summed E-state index contributed by atoms with van der Waals surface area (Å²) < 4.78 is 75.3. The summed E-state index contributed by atoms with van der Waals surface area (Å²) in [5.41, 5.74) is -1.12. The Kier molecular flexibility index (Phi) is 3.32. The summed E-state index contributed by atoms with van der Waals surface area (Å²) in [6.45, 7) is 0. The second-order valence-corrected chi connectivity index (χ2v) is 3.21. The van der Waals surface area contributed by atoms with Crippen LogP contribution in [-0.4, -0.2) is 6.36 Å². The van der Waals surface area contributed by atoms with Crippen LogP contribution < -0.4 is 4.74 Å². The number of ether oxygens (including phenoxy) is 1. The van der Waals surface area contributed by atoms with Crippen molar-refractivity contribution in [3.63, 3.8) is 0 Å². The third-order valence-electron chi connectivity index (χ3n) is 1.51.